The second kappa shape index (κ2) is 9.29. The minimum atomic E-state index is -0.292. The summed E-state index contributed by atoms with van der Waals surface area (Å²) in [5, 5.41) is 9.25. The van der Waals surface area contributed by atoms with Crippen molar-refractivity contribution < 1.29 is 9.18 Å². The molecule has 3 heterocycles. The first-order valence-corrected chi connectivity index (χ1v) is 12.5. The van der Waals surface area contributed by atoms with E-state index >= 15 is 0 Å². The molecule has 2 aromatic heterocycles. The van der Waals surface area contributed by atoms with Crippen LogP contribution in [-0.4, -0.2) is 57.1 Å². The van der Waals surface area contributed by atoms with Gasteiger partial charge in [0.05, 0.1) is 0 Å². The van der Waals surface area contributed by atoms with E-state index < -0.39 is 0 Å². The van der Waals surface area contributed by atoms with E-state index in [1.54, 1.807) is 6.07 Å². The molecule has 0 bridgehead atoms. The average Bonchev–Trinajstić information content (AvgIpc) is 3.33. The summed E-state index contributed by atoms with van der Waals surface area (Å²) >= 11 is 1.52. The van der Waals surface area contributed by atoms with Gasteiger partial charge in [0.15, 0.2) is 5.82 Å². The third-order valence-electron chi connectivity index (χ3n) is 5.98. The number of piperazine rings is 1. The van der Waals surface area contributed by atoms with Gasteiger partial charge in [0.25, 0.3) is 0 Å². The molecule has 33 heavy (non-hydrogen) atoms. The highest BCUT2D eigenvalue weighted by atomic mass is 32.1. The normalized spacial score (nSPS) is 15.0. The van der Waals surface area contributed by atoms with Crippen LogP contribution in [0.1, 0.15) is 47.5 Å². The average molecular weight is 473 g/mol. The smallest absolute Gasteiger partial charge is 0.225 e. The van der Waals surface area contributed by atoms with Crippen molar-refractivity contribution in [3.8, 4) is 11.3 Å². The number of hydrogen-bond acceptors (Lipinski definition) is 6. The lowest BCUT2D eigenvalue weighted by Gasteiger charge is -2.36. The molecule has 0 saturated carbocycles. The molecule has 0 spiro atoms. The molecule has 1 saturated heterocycles. The number of hydrogen-bond donors (Lipinski definition) is 1. The first kappa shape index (κ1) is 23.5. The topological polar surface area (TPSA) is 65.8 Å². The molecule has 1 aliphatic heterocycles. The fourth-order valence-electron chi connectivity index (χ4n) is 4.18. The summed E-state index contributed by atoms with van der Waals surface area (Å²) in [6, 6.07) is 6.49. The lowest BCUT2D eigenvalue weighted by molar-refractivity contribution is -0.136. The number of aromatic nitrogens is 3. The number of amides is 1. The number of carbonyl (C=O) groups excluding carboxylic acids is 1. The fraction of sp³-hybridized carbons (Fsp3) is 0.542. The van der Waals surface area contributed by atoms with Crippen LogP contribution < -0.4 is 10.2 Å². The van der Waals surface area contributed by atoms with Crippen LogP contribution in [0.3, 0.4) is 0 Å². The Morgan fingerprint density at radius 3 is 2.48 bits per heavy atom. The molecule has 1 aromatic carbocycles. The Bertz CT molecular complexity index is 1120. The van der Waals surface area contributed by atoms with Gasteiger partial charge in [0.2, 0.25) is 16.0 Å². The van der Waals surface area contributed by atoms with Crippen LogP contribution in [0.2, 0.25) is 0 Å². The van der Waals surface area contributed by atoms with Gasteiger partial charge in [-0.3, -0.25) is 4.79 Å². The Labute approximate surface area is 198 Å². The summed E-state index contributed by atoms with van der Waals surface area (Å²) in [7, 11) is 0. The fourth-order valence-corrected chi connectivity index (χ4v) is 5.14. The maximum atomic E-state index is 13.9. The van der Waals surface area contributed by atoms with Crippen molar-refractivity contribution in [1.82, 2.24) is 19.5 Å². The highest BCUT2D eigenvalue weighted by Crippen LogP contribution is 2.35. The molecule has 0 aliphatic carbocycles. The predicted molar refractivity (Wildman–Crippen MR) is 132 cm³/mol. The van der Waals surface area contributed by atoms with Crippen molar-refractivity contribution >= 4 is 33.2 Å². The Kier molecular flexibility index (Phi) is 6.61. The molecular weight excluding hydrogens is 439 g/mol. The summed E-state index contributed by atoms with van der Waals surface area (Å²) in [5.74, 6) is 0.852. The van der Waals surface area contributed by atoms with Gasteiger partial charge in [-0.1, -0.05) is 37.3 Å². The molecule has 7 nitrogen and oxygen atoms in total. The molecule has 1 fully saturated rings. The summed E-state index contributed by atoms with van der Waals surface area (Å²) in [5.41, 5.74) is 1.19. The van der Waals surface area contributed by atoms with Crippen LogP contribution in [0.5, 0.6) is 0 Å². The number of carbonyl (C=O) groups is 1. The number of imidazole rings is 1. The number of fused-ring (bicyclic) bond motifs is 1. The van der Waals surface area contributed by atoms with Crippen molar-refractivity contribution in [3.05, 3.63) is 30.1 Å². The van der Waals surface area contributed by atoms with E-state index in [0.29, 0.717) is 18.8 Å². The lowest BCUT2D eigenvalue weighted by atomic mass is 10.0. The van der Waals surface area contributed by atoms with Gasteiger partial charge >= 0.3 is 0 Å². The van der Waals surface area contributed by atoms with E-state index in [1.165, 1.54) is 23.5 Å². The zero-order chi connectivity index (χ0) is 23.8. The van der Waals surface area contributed by atoms with E-state index in [2.05, 4.69) is 44.8 Å². The van der Waals surface area contributed by atoms with Gasteiger partial charge in [-0.15, -0.1) is 5.10 Å². The molecule has 4 rings (SSSR count). The molecule has 3 aromatic rings. The molecule has 1 aliphatic rings. The van der Waals surface area contributed by atoms with Crippen LogP contribution >= 0.6 is 11.3 Å². The van der Waals surface area contributed by atoms with E-state index in [-0.39, 0.29) is 23.2 Å². The van der Waals surface area contributed by atoms with Gasteiger partial charge in [0, 0.05) is 43.2 Å². The quantitative estimate of drug-likeness (QED) is 0.553. The van der Waals surface area contributed by atoms with Crippen molar-refractivity contribution in [2.75, 3.05) is 36.4 Å². The molecule has 0 radical (unpaired) electrons. The molecular formula is C24H33FN6OS. The molecule has 9 heteroatoms. The van der Waals surface area contributed by atoms with Crippen molar-refractivity contribution in [3.63, 3.8) is 0 Å². The molecule has 0 atom stereocenters. The summed E-state index contributed by atoms with van der Waals surface area (Å²) in [6.07, 6.45) is 1.77. The van der Waals surface area contributed by atoms with E-state index in [1.807, 2.05) is 15.5 Å². The number of rotatable bonds is 6. The zero-order valence-corrected chi connectivity index (χ0v) is 20.9. The van der Waals surface area contributed by atoms with Gasteiger partial charge in [-0.25, -0.2) is 9.37 Å². The maximum Gasteiger partial charge on any atom is 0.225 e. The zero-order valence-electron chi connectivity index (χ0n) is 20.1. The van der Waals surface area contributed by atoms with Crippen molar-refractivity contribution in [1.29, 1.82) is 0 Å². The van der Waals surface area contributed by atoms with Gasteiger partial charge in [0.1, 0.15) is 11.5 Å². The molecule has 178 valence electrons. The van der Waals surface area contributed by atoms with Crippen molar-refractivity contribution in [2.24, 2.45) is 5.92 Å². The Morgan fingerprint density at radius 1 is 1.18 bits per heavy atom. The van der Waals surface area contributed by atoms with E-state index in [4.69, 9.17) is 10.1 Å². The third kappa shape index (κ3) is 4.98. The maximum absolute atomic E-state index is 13.9. The van der Waals surface area contributed by atoms with Gasteiger partial charge in [-0.05, 0) is 45.7 Å². The second-order valence-electron chi connectivity index (χ2n) is 9.60. The highest BCUT2D eigenvalue weighted by Gasteiger charge is 2.28. The SMILES string of the molecule is CCC(CC)C(=O)N1CCN(c2nn3c(NC(C)(C)C)c(-c4cccc(F)c4)nc3s2)CC1. The second-order valence-corrected chi connectivity index (χ2v) is 10.5. The first-order chi connectivity index (χ1) is 15.7. The van der Waals surface area contributed by atoms with Gasteiger partial charge in [-0.2, -0.15) is 4.52 Å². The van der Waals surface area contributed by atoms with E-state index in [0.717, 1.165) is 47.4 Å². The summed E-state index contributed by atoms with van der Waals surface area (Å²) in [6.45, 7) is 13.3. The lowest BCUT2D eigenvalue weighted by Crippen LogP contribution is -2.50. The summed E-state index contributed by atoms with van der Waals surface area (Å²) < 4.78 is 15.7. The van der Waals surface area contributed by atoms with Crippen LogP contribution in [0.25, 0.3) is 16.2 Å². The van der Waals surface area contributed by atoms with Gasteiger partial charge < -0.3 is 15.1 Å². The number of anilines is 2. The Morgan fingerprint density at radius 2 is 1.88 bits per heavy atom. The third-order valence-corrected chi connectivity index (χ3v) is 6.95. The summed E-state index contributed by atoms with van der Waals surface area (Å²) in [4.78, 5) is 22.5. The Hall–Kier alpha value is -2.68. The van der Waals surface area contributed by atoms with Crippen LogP contribution in [0.15, 0.2) is 24.3 Å². The largest absolute Gasteiger partial charge is 0.364 e. The number of nitrogens with one attached hydrogen (secondary N) is 1. The minimum absolute atomic E-state index is 0.118. The number of nitrogens with zero attached hydrogens (tertiary/aromatic N) is 5. The monoisotopic (exact) mass is 472 g/mol. The minimum Gasteiger partial charge on any atom is -0.364 e. The van der Waals surface area contributed by atoms with E-state index in [9.17, 15) is 9.18 Å². The standard InChI is InChI=1S/C24H33FN6OS/c1-6-16(7-2)21(32)29-11-13-30(14-12-29)23-28-31-20(27-24(3,4)5)19(26-22(31)33-23)17-9-8-10-18(25)15-17/h8-10,15-16,27H,6-7,11-14H2,1-5H3. The molecule has 1 amide bonds. The predicted octanol–water partition coefficient (Wildman–Crippen LogP) is 4.89. The molecule has 1 N–H and O–H groups in total. The van der Waals surface area contributed by atoms with Crippen LogP contribution in [0, 0.1) is 11.7 Å². The number of halogens is 1. The highest BCUT2D eigenvalue weighted by molar-refractivity contribution is 7.20. The van der Waals surface area contributed by atoms with Crippen LogP contribution in [0.4, 0.5) is 15.3 Å². The first-order valence-electron chi connectivity index (χ1n) is 11.7. The Balaban J connectivity index is 1.59. The molecule has 0 unspecified atom stereocenters. The van der Waals surface area contributed by atoms with Crippen LogP contribution in [-0.2, 0) is 4.79 Å². The van der Waals surface area contributed by atoms with Crippen molar-refractivity contribution in [2.45, 2.75) is 53.0 Å². The number of benzene rings is 1.